The van der Waals surface area contributed by atoms with Crippen LogP contribution in [0.5, 0.6) is 0 Å². The summed E-state index contributed by atoms with van der Waals surface area (Å²) in [5, 5.41) is 3.44. The summed E-state index contributed by atoms with van der Waals surface area (Å²) in [6.07, 6.45) is 2.49. The number of amides is 1. The summed E-state index contributed by atoms with van der Waals surface area (Å²) in [4.78, 5) is 28.3. The number of aryl methyl sites for hydroxylation is 1. The van der Waals surface area contributed by atoms with Crippen LogP contribution in [0.25, 0.3) is 10.9 Å². The molecule has 1 atom stereocenters. The van der Waals surface area contributed by atoms with E-state index in [0.717, 1.165) is 0 Å². The molecule has 6 nitrogen and oxygen atoms in total. The first-order chi connectivity index (χ1) is 10.6. The van der Waals surface area contributed by atoms with E-state index in [-0.39, 0.29) is 17.5 Å². The summed E-state index contributed by atoms with van der Waals surface area (Å²) in [6, 6.07) is 7.24. The van der Waals surface area contributed by atoms with Gasteiger partial charge < -0.3 is 10.1 Å². The van der Waals surface area contributed by atoms with Gasteiger partial charge in [-0.25, -0.2) is 4.98 Å². The van der Waals surface area contributed by atoms with Crippen LogP contribution in [0.4, 0.5) is 0 Å². The van der Waals surface area contributed by atoms with Gasteiger partial charge in [-0.3, -0.25) is 14.2 Å². The number of nitrogens with zero attached hydrogens (tertiary/aromatic N) is 2. The van der Waals surface area contributed by atoms with Crippen molar-refractivity contribution < 1.29 is 9.53 Å². The van der Waals surface area contributed by atoms with Crippen LogP contribution in [-0.2, 0) is 16.1 Å². The molecule has 1 aromatic heterocycles. The van der Waals surface area contributed by atoms with Gasteiger partial charge in [0.25, 0.3) is 5.56 Å². The number of hydrogen-bond acceptors (Lipinski definition) is 4. The number of benzene rings is 1. The molecule has 0 aliphatic carbocycles. The number of fused-ring (bicyclic) bond motifs is 1. The molecule has 1 unspecified atom stereocenters. The zero-order valence-corrected chi connectivity index (χ0v) is 12.9. The number of ether oxygens (including phenoxy) is 1. The quantitative estimate of drug-likeness (QED) is 0.837. The molecule has 0 aliphatic heterocycles. The van der Waals surface area contributed by atoms with Crippen molar-refractivity contribution in [3.8, 4) is 0 Å². The fourth-order valence-electron chi connectivity index (χ4n) is 2.31. The van der Waals surface area contributed by atoms with E-state index in [4.69, 9.17) is 4.74 Å². The topological polar surface area (TPSA) is 73.2 Å². The molecule has 2 rings (SSSR count). The van der Waals surface area contributed by atoms with Crippen molar-refractivity contribution in [1.82, 2.24) is 14.9 Å². The molecule has 0 spiro atoms. The third kappa shape index (κ3) is 4.14. The Balaban J connectivity index is 1.91. The van der Waals surface area contributed by atoms with Crippen molar-refractivity contribution in [1.29, 1.82) is 0 Å². The Morgan fingerprint density at radius 2 is 2.18 bits per heavy atom. The zero-order valence-electron chi connectivity index (χ0n) is 12.9. The second-order valence-corrected chi connectivity index (χ2v) is 5.29. The molecule has 1 N–H and O–H groups in total. The Bertz CT molecular complexity index is 696. The summed E-state index contributed by atoms with van der Waals surface area (Å²) >= 11 is 0. The van der Waals surface area contributed by atoms with Crippen LogP contribution in [0.3, 0.4) is 0 Å². The van der Waals surface area contributed by atoms with Crippen LogP contribution >= 0.6 is 0 Å². The third-order valence-electron chi connectivity index (χ3n) is 3.36. The molecule has 0 saturated heterocycles. The Morgan fingerprint density at radius 1 is 1.41 bits per heavy atom. The lowest BCUT2D eigenvalue weighted by Crippen LogP contribution is -2.35. The van der Waals surface area contributed by atoms with Gasteiger partial charge >= 0.3 is 0 Å². The van der Waals surface area contributed by atoms with Crippen LogP contribution in [-0.4, -0.2) is 35.2 Å². The fraction of sp³-hybridized carbons (Fsp3) is 0.438. The average molecular weight is 303 g/mol. The van der Waals surface area contributed by atoms with Crippen molar-refractivity contribution >= 4 is 16.8 Å². The van der Waals surface area contributed by atoms with Crippen LogP contribution in [0.15, 0.2) is 35.4 Å². The van der Waals surface area contributed by atoms with Gasteiger partial charge in [0, 0.05) is 26.1 Å². The molecule has 118 valence electrons. The van der Waals surface area contributed by atoms with Gasteiger partial charge in [0.15, 0.2) is 0 Å². The van der Waals surface area contributed by atoms with Crippen molar-refractivity contribution in [2.45, 2.75) is 32.4 Å². The minimum atomic E-state index is -0.0706. The highest BCUT2D eigenvalue weighted by Crippen LogP contribution is 2.05. The maximum atomic E-state index is 12.3. The first-order valence-corrected chi connectivity index (χ1v) is 7.34. The molecular formula is C16H21N3O3. The van der Waals surface area contributed by atoms with E-state index in [2.05, 4.69) is 10.3 Å². The molecular weight excluding hydrogens is 282 g/mol. The van der Waals surface area contributed by atoms with Crippen molar-refractivity contribution in [2.24, 2.45) is 0 Å². The maximum absolute atomic E-state index is 12.3. The predicted octanol–water partition coefficient (Wildman–Crippen LogP) is 1.33. The van der Waals surface area contributed by atoms with Crippen LogP contribution < -0.4 is 10.9 Å². The summed E-state index contributed by atoms with van der Waals surface area (Å²) in [5.41, 5.74) is 0.619. The summed E-state index contributed by atoms with van der Waals surface area (Å²) in [5.74, 6) is -0.0358. The normalized spacial score (nSPS) is 12.3. The molecule has 0 saturated carbocycles. The summed E-state index contributed by atoms with van der Waals surface area (Å²) in [6.45, 7) is 2.85. The third-order valence-corrected chi connectivity index (χ3v) is 3.36. The molecule has 2 aromatic rings. The minimum absolute atomic E-state index is 0.0115. The van der Waals surface area contributed by atoms with E-state index in [9.17, 15) is 9.59 Å². The van der Waals surface area contributed by atoms with E-state index in [1.54, 1.807) is 17.7 Å². The van der Waals surface area contributed by atoms with Crippen molar-refractivity contribution in [3.63, 3.8) is 0 Å². The van der Waals surface area contributed by atoms with Gasteiger partial charge in [-0.05, 0) is 25.5 Å². The van der Waals surface area contributed by atoms with E-state index < -0.39 is 0 Å². The molecule has 0 aliphatic rings. The zero-order chi connectivity index (χ0) is 15.9. The maximum Gasteiger partial charge on any atom is 0.261 e. The van der Waals surface area contributed by atoms with E-state index >= 15 is 0 Å². The van der Waals surface area contributed by atoms with Crippen molar-refractivity contribution in [2.75, 3.05) is 13.7 Å². The van der Waals surface area contributed by atoms with E-state index in [1.165, 1.54) is 6.33 Å². The molecule has 0 fully saturated rings. The van der Waals surface area contributed by atoms with Crippen LogP contribution in [0.1, 0.15) is 19.8 Å². The molecule has 1 heterocycles. The molecule has 6 heteroatoms. The predicted molar refractivity (Wildman–Crippen MR) is 84.7 cm³/mol. The van der Waals surface area contributed by atoms with Gasteiger partial charge in [0.2, 0.25) is 5.91 Å². The van der Waals surface area contributed by atoms with Gasteiger partial charge in [-0.15, -0.1) is 0 Å². The first kappa shape index (κ1) is 16.2. The number of aromatic nitrogens is 2. The Hall–Kier alpha value is -2.21. The lowest BCUT2D eigenvalue weighted by Gasteiger charge is -2.12. The number of methoxy groups -OCH3 is 1. The SMILES string of the molecule is COCC(C)NC(=O)CCCn1cnc2ccccc2c1=O. The summed E-state index contributed by atoms with van der Waals surface area (Å²) in [7, 11) is 1.60. The van der Waals surface area contributed by atoms with Gasteiger partial charge in [0.05, 0.1) is 23.8 Å². The minimum Gasteiger partial charge on any atom is -0.383 e. The molecule has 0 radical (unpaired) electrons. The van der Waals surface area contributed by atoms with Crippen molar-refractivity contribution in [3.05, 3.63) is 40.9 Å². The lowest BCUT2D eigenvalue weighted by molar-refractivity contribution is -0.122. The highest BCUT2D eigenvalue weighted by Gasteiger charge is 2.08. The monoisotopic (exact) mass is 303 g/mol. The molecule has 0 bridgehead atoms. The highest BCUT2D eigenvalue weighted by atomic mass is 16.5. The lowest BCUT2D eigenvalue weighted by atomic mass is 10.2. The smallest absolute Gasteiger partial charge is 0.261 e. The second-order valence-electron chi connectivity index (χ2n) is 5.29. The molecule has 22 heavy (non-hydrogen) atoms. The Kier molecular flexibility index (Phi) is 5.66. The van der Waals surface area contributed by atoms with E-state index in [1.807, 2.05) is 25.1 Å². The number of carbonyl (C=O) groups is 1. The standard InChI is InChI=1S/C16H21N3O3/c1-12(10-22-2)18-15(20)8-5-9-19-11-17-14-7-4-3-6-13(14)16(19)21/h3-4,6-7,11-12H,5,8-10H2,1-2H3,(H,18,20). The second kappa shape index (κ2) is 7.70. The fourth-order valence-corrected chi connectivity index (χ4v) is 2.31. The first-order valence-electron chi connectivity index (χ1n) is 7.34. The molecule has 1 aromatic carbocycles. The number of carbonyl (C=O) groups excluding carboxylic acids is 1. The van der Waals surface area contributed by atoms with Crippen LogP contribution in [0, 0.1) is 0 Å². The number of hydrogen-bond donors (Lipinski definition) is 1. The Labute approximate surface area is 129 Å². The number of para-hydroxylation sites is 1. The van der Waals surface area contributed by atoms with Gasteiger partial charge in [0.1, 0.15) is 0 Å². The number of nitrogens with one attached hydrogen (secondary N) is 1. The Morgan fingerprint density at radius 3 is 2.95 bits per heavy atom. The van der Waals surface area contributed by atoms with Gasteiger partial charge in [-0.2, -0.15) is 0 Å². The number of rotatable bonds is 7. The largest absolute Gasteiger partial charge is 0.383 e. The average Bonchev–Trinajstić information content (AvgIpc) is 2.50. The summed E-state index contributed by atoms with van der Waals surface area (Å²) < 4.78 is 6.52. The van der Waals surface area contributed by atoms with E-state index in [0.29, 0.717) is 36.9 Å². The highest BCUT2D eigenvalue weighted by molar-refractivity contribution is 5.77. The van der Waals surface area contributed by atoms with Gasteiger partial charge in [-0.1, -0.05) is 12.1 Å². The van der Waals surface area contributed by atoms with Crippen LogP contribution in [0.2, 0.25) is 0 Å². The molecule has 1 amide bonds.